The van der Waals surface area contributed by atoms with Crippen LogP contribution in [0.1, 0.15) is 26.3 Å². The van der Waals surface area contributed by atoms with Crippen LogP contribution in [0.4, 0.5) is 4.79 Å². The molecule has 4 nitrogen and oxygen atoms in total. The zero-order valence-corrected chi connectivity index (χ0v) is 13.0. The van der Waals surface area contributed by atoms with Crippen LogP contribution >= 0.6 is 11.8 Å². The van der Waals surface area contributed by atoms with Gasteiger partial charge in [0.25, 0.3) is 0 Å². The van der Waals surface area contributed by atoms with Gasteiger partial charge in [-0.1, -0.05) is 12.1 Å². The van der Waals surface area contributed by atoms with E-state index in [9.17, 15) is 4.79 Å². The van der Waals surface area contributed by atoms with Crippen LogP contribution in [-0.2, 0) is 11.3 Å². The van der Waals surface area contributed by atoms with Gasteiger partial charge in [0.2, 0.25) is 0 Å². The Morgan fingerprint density at radius 3 is 2.60 bits per heavy atom. The number of hydrogen-bond acceptors (Lipinski definition) is 4. The molecule has 1 unspecified atom stereocenters. The lowest BCUT2D eigenvalue weighted by Crippen LogP contribution is -2.35. The Balaban J connectivity index is 1.78. The van der Waals surface area contributed by atoms with Crippen molar-refractivity contribution in [3.63, 3.8) is 0 Å². The summed E-state index contributed by atoms with van der Waals surface area (Å²) in [5, 5.41) is 6.13. The molecular formula is C15H22N2O2S. The van der Waals surface area contributed by atoms with Gasteiger partial charge >= 0.3 is 6.09 Å². The molecule has 2 N–H and O–H groups in total. The number of ether oxygens (including phenoxy) is 1. The summed E-state index contributed by atoms with van der Waals surface area (Å²) in [6.07, 6.45) is -0.325. The lowest BCUT2D eigenvalue weighted by atomic mass is 10.1. The average molecular weight is 294 g/mol. The molecule has 1 aliphatic heterocycles. The van der Waals surface area contributed by atoms with E-state index in [-0.39, 0.29) is 17.7 Å². The van der Waals surface area contributed by atoms with Gasteiger partial charge in [0.15, 0.2) is 0 Å². The zero-order chi connectivity index (χ0) is 14.6. The Morgan fingerprint density at radius 2 is 2.05 bits per heavy atom. The molecule has 1 heterocycles. The summed E-state index contributed by atoms with van der Waals surface area (Å²) >= 11 is 1.71. The molecule has 1 aromatic carbocycles. The molecule has 1 fully saturated rings. The molecule has 0 saturated carbocycles. The number of nitrogens with one attached hydrogen (secondary N) is 2. The fourth-order valence-electron chi connectivity index (χ4n) is 1.78. The highest BCUT2D eigenvalue weighted by Crippen LogP contribution is 2.21. The third-order valence-electron chi connectivity index (χ3n) is 2.93. The van der Waals surface area contributed by atoms with Crippen LogP contribution in [0, 0.1) is 0 Å². The number of alkyl carbamates (subject to hydrolysis) is 1. The van der Waals surface area contributed by atoms with Crippen molar-refractivity contribution in [3.8, 4) is 0 Å². The van der Waals surface area contributed by atoms with Crippen molar-refractivity contribution < 1.29 is 9.53 Å². The molecule has 1 saturated heterocycles. The van der Waals surface area contributed by atoms with Crippen LogP contribution in [0.25, 0.3) is 0 Å². The van der Waals surface area contributed by atoms with Gasteiger partial charge in [-0.3, -0.25) is 0 Å². The SMILES string of the molecule is CC(C)(C)NCc1ccc(SCC2CNC(=O)O2)cc1. The maximum absolute atomic E-state index is 10.9. The van der Waals surface area contributed by atoms with Gasteiger partial charge < -0.3 is 15.4 Å². The van der Waals surface area contributed by atoms with Crippen LogP contribution in [0.3, 0.4) is 0 Å². The van der Waals surface area contributed by atoms with Gasteiger partial charge in [-0.15, -0.1) is 11.8 Å². The first-order valence-electron chi connectivity index (χ1n) is 6.84. The second-order valence-corrected chi connectivity index (χ2v) is 7.06. The van der Waals surface area contributed by atoms with E-state index in [1.807, 2.05) is 0 Å². The maximum atomic E-state index is 10.9. The van der Waals surface area contributed by atoms with E-state index in [4.69, 9.17) is 4.74 Å². The Morgan fingerprint density at radius 1 is 1.35 bits per heavy atom. The predicted octanol–water partition coefficient (Wildman–Crippen LogP) is 2.78. The van der Waals surface area contributed by atoms with Crippen LogP contribution in [-0.4, -0.2) is 30.0 Å². The monoisotopic (exact) mass is 294 g/mol. The molecule has 0 aromatic heterocycles. The number of hydrogen-bond donors (Lipinski definition) is 2. The molecule has 1 atom stereocenters. The summed E-state index contributed by atoms with van der Waals surface area (Å²) in [4.78, 5) is 12.1. The largest absolute Gasteiger partial charge is 0.443 e. The molecule has 0 bridgehead atoms. The van der Waals surface area contributed by atoms with Crippen LogP contribution in [0.2, 0.25) is 0 Å². The summed E-state index contributed by atoms with van der Waals surface area (Å²) in [5.74, 6) is 0.790. The van der Waals surface area contributed by atoms with Crippen molar-refractivity contribution in [3.05, 3.63) is 29.8 Å². The van der Waals surface area contributed by atoms with Gasteiger partial charge in [0, 0.05) is 22.7 Å². The highest BCUT2D eigenvalue weighted by atomic mass is 32.2. The number of benzene rings is 1. The van der Waals surface area contributed by atoms with Gasteiger partial charge in [0.05, 0.1) is 6.54 Å². The molecular weight excluding hydrogens is 272 g/mol. The van der Waals surface area contributed by atoms with E-state index in [2.05, 4.69) is 55.7 Å². The van der Waals surface area contributed by atoms with E-state index < -0.39 is 0 Å². The lowest BCUT2D eigenvalue weighted by molar-refractivity contribution is 0.150. The Labute approximate surface area is 124 Å². The normalized spacial score (nSPS) is 18.8. The van der Waals surface area contributed by atoms with Crippen LogP contribution in [0.5, 0.6) is 0 Å². The van der Waals surface area contributed by atoms with Crippen molar-refractivity contribution in [2.24, 2.45) is 0 Å². The van der Waals surface area contributed by atoms with Gasteiger partial charge in [-0.25, -0.2) is 4.79 Å². The number of cyclic esters (lactones) is 1. The Bertz CT molecular complexity index is 454. The second kappa shape index (κ2) is 6.50. The average Bonchev–Trinajstić information content (AvgIpc) is 2.80. The molecule has 110 valence electrons. The minimum absolute atomic E-state index is 0.0188. The smallest absolute Gasteiger partial charge is 0.407 e. The van der Waals surface area contributed by atoms with Crippen molar-refractivity contribution in [2.75, 3.05) is 12.3 Å². The molecule has 5 heteroatoms. The first-order valence-corrected chi connectivity index (χ1v) is 7.82. The summed E-state index contributed by atoms with van der Waals surface area (Å²) in [7, 11) is 0. The van der Waals surface area contributed by atoms with E-state index in [0.717, 1.165) is 12.3 Å². The Hall–Kier alpha value is -1.20. The van der Waals surface area contributed by atoms with Crippen LogP contribution < -0.4 is 10.6 Å². The first-order chi connectivity index (χ1) is 9.42. The summed E-state index contributed by atoms with van der Waals surface area (Å²) < 4.78 is 5.10. The van der Waals surface area contributed by atoms with E-state index in [1.54, 1.807) is 11.8 Å². The number of rotatable bonds is 5. The van der Waals surface area contributed by atoms with E-state index in [1.165, 1.54) is 10.5 Å². The summed E-state index contributed by atoms with van der Waals surface area (Å²) in [5.41, 5.74) is 1.41. The standard InChI is InChI=1S/C15H22N2O2S/c1-15(2,3)17-8-11-4-6-13(7-5-11)20-10-12-9-16-14(18)19-12/h4-7,12,17H,8-10H2,1-3H3,(H,16,18). The Kier molecular flexibility index (Phi) is 4.94. The van der Waals surface area contributed by atoms with Crippen molar-refractivity contribution >= 4 is 17.9 Å². The zero-order valence-electron chi connectivity index (χ0n) is 12.2. The highest BCUT2D eigenvalue weighted by molar-refractivity contribution is 7.99. The summed E-state index contributed by atoms with van der Waals surface area (Å²) in [6, 6.07) is 8.52. The molecule has 0 spiro atoms. The minimum Gasteiger partial charge on any atom is -0.443 e. The predicted molar refractivity (Wildman–Crippen MR) is 82.0 cm³/mol. The topological polar surface area (TPSA) is 50.4 Å². The van der Waals surface area contributed by atoms with Crippen molar-refractivity contribution in [1.29, 1.82) is 0 Å². The van der Waals surface area contributed by atoms with Gasteiger partial charge in [-0.05, 0) is 38.5 Å². The number of carbonyl (C=O) groups excluding carboxylic acids is 1. The fourth-order valence-corrected chi connectivity index (χ4v) is 2.68. The molecule has 0 aliphatic carbocycles. The number of amides is 1. The van der Waals surface area contributed by atoms with Gasteiger partial charge in [0.1, 0.15) is 6.10 Å². The summed E-state index contributed by atoms with van der Waals surface area (Å²) in [6.45, 7) is 7.97. The fraction of sp³-hybridized carbons (Fsp3) is 0.533. The minimum atomic E-state index is -0.306. The second-order valence-electron chi connectivity index (χ2n) is 5.97. The third-order valence-corrected chi connectivity index (χ3v) is 4.07. The van der Waals surface area contributed by atoms with Gasteiger partial charge in [-0.2, -0.15) is 0 Å². The lowest BCUT2D eigenvalue weighted by Gasteiger charge is -2.20. The van der Waals surface area contributed by atoms with Crippen molar-refractivity contribution in [1.82, 2.24) is 10.6 Å². The molecule has 1 amide bonds. The van der Waals surface area contributed by atoms with E-state index in [0.29, 0.717) is 6.54 Å². The number of thioether (sulfide) groups is 1. The van der Waals surface area contributed by atoms with E-state index >= 15 is 0 Å². The quantitative estimate of drug-likeness (QED) is 0.820. The molecule has 20 heavy (non-hydrogen) atoms. The maximum Gasteiger partial charge on any atom is 0.407 e. The molecule has 2 rings (SSSR count). The highest BCUT2D eigenvalue weighted by Gasteiger charge is 2.22. The first kappa shape index (κ1) is 15.2. The molecule has 1 aromatic rings. The molecule has 0 radical (unpaired) electrons. The van der Waals surface area contributed by atoms with Crippen LogP contribution in [0.15, 0.2) is 29.2 Å². The third kappa shape index (κ3) is 5.06. The molecule has 1 aliphatic rings. The van der Waals surface area contributed by atoms with Crippen molar-refractivity contribution in [2.45, 2.75) is 43.9 Å². The number of carbonyl (C=O) groups is 1.